The van der Waals surface area contributed by atoms with Crippen LogP contribution in [0, 0.1) is 6.92 Å². The number of halogens is 1. The van der Waals surface area contributed by atoms with Crippen LogP contribution in [0.5, 0.6) is 0 Å². The van der Waals surface area contributed by atoms with E-state index < -0.39 is 0 Å². The van der Waals surface area contributed by atoms with E-state index in [0.717, 1.165) is 19.5 Å². The lowest BCUT2D eigenvalue weighted by molar-refractivity contribution is 0.641. The predicted octanol–water partition coefficient (Wildman–Crippen LogP) is 2.40. The normalized spacial score (nSPS) is 15.8. The van der Waals surface area contributed by atoms with Crippen LogP contribution in [0.3, 0.4) is 0 Å². The van der Waals surface area contributed by atoms with Gasteiger partial charge in [0.15, 0.2) is 0 Å². The topological polar surface area (TPSA) is 12.0 Å². The summed E-state index contributed by atoms with van der Waals surface area (Å²) < 4.78 is 1.25. The highest BCUT2D eigenvalue weighted by Gasteiger charge is 2.11. The molecule has 0 amide bonds. The first kappa shape index (κ1) is 8.27. The molecule has 2 heteroatoms. The van der Waals surface area contributed by atoms with Crippen LogP contribution in [0.15, 0.2) is 16.6 Å². The van der Waals surface area contributed by atoms with Gasteiger partial charge in [-0.25, -0.2) is 0 Å². The fourth-order valence-electron chi connectivity index (χ4n) is 1.70. The summed E-state index contributed by atoms with van der Waals surface area (Å²) in [6.45, 7) is 4.27. The molecule has 0 fully saturated rings. The number of fused-ring (bicyclic) bond motifs is 1. The van der Waals surface area contributed by atoms with Crippen molar-refractivity contribution in [2.75, 3.05) is 6.54 Å². The molecule has 0 unspecified atom stereocenters. The van der Waals surface area contributed by atoms with Crippen LogP contribution in [0.25, 0.3) is 0 Å². The van der Waals surface area contributed by atoms with Gasteiger partial charge in [0.2, 0.25) is 0 Å². The van der Waals surface area contributed by atoms with Crippen molar-refractivity contribution in [2.45, 2.75) is 19.9 Å². The maximum atomic E-state index is 3.59. The molecule has 1 heterocycles. The average Bonchev–Trinajstić information content (AvgIpc) is 2.04. The third-order valence-corrected chi connectivity index (χ3v) is 3.01. The molecule has 0 saturated heterocycles. The molecule has 1 aliphatic rings. The summed E-state index contributed by atoms with van der Waals surface area (Å²) in [7, 11) is 0. The van der Waals surface area contributed by atoms with Crippen molar-refractivity contribution in [2.24, 2.45) is 0 Å². The summed E-state index contributed by atoms with van der Waals surface area (Å²) >= 11 is 3.59. The number of aryl methyl sites for hydroxylation is 1. The van der Waals surface area contributed by atoms with Crippen LogP contribution in [-0.2, 0) is 13.0 Å². The third-order valence-electron chi connectivity index (χ3n) is 2.31. The molecule has 1 nitrogen and oxygen atoms in total. The van der Waals surface area contributed by atoms with Crippen molar-refractivity contribution in [1.82, 2.24) is 5.32 Å². The molecule has 64 valence electrons. The lowest BCUT2D eigenvalue weighted by Gasteiger charge is -2.18. The third kappa shape index (κ3) is 1.41. The van der Waals surface area contributed by atoms with Crippen LogP contribution in [0.2, 0.25) is 0 Å². The maximum Gasteiger partial charge on any atom is 0.0225 e. The summed E-state index contributed by atoms with van der Waals surface area (Å²) in [4.78, 5) is 0. The van der Waals surface area contributed by atoms with Crippen LogP contribution >= 0.6 is 15.9 Å². The van der Waals surface area contributed by atoms with Crippen molar-refractivity contribution < 1.29 is 0 Å². The van der Waals surface area contributed by atoms with Crippen LogP contribution in [-0.4, -0.2) is 6.54 Å². The Morgan fingerprint density at radius 2 is 2.25 bits per heavy atom. The zero-order valence-corrected chi connectivity index (χ0v) is 8.74. The zero-order valence-electron chi connectivity index (χ0n) is 7.15. The summed E-state index contributed by atoms with van der Waals surface area (Å²) in [6.07, 6.45) is 1.16. The molecule has 0 aliphatic carbocycles. The van der Waals surface area contributed by atoms with E-state index in [2.05, 4.69) is 40.3 Å². The van der Waals surface area contributed by atoms with Gasteiger partial charge in [-0.2, -0.15) is 0 Å². The van der Waals surface area contributed by atoms with E-state index in [0.29, 0.717) is 0 Å². The Balaban J connectivity index is 2.53. The highest BCUT2D eigenvalue weighted by molar-refractivity contribution is 9.10. The Bertz CT molecular complexity index is 307. The van der Waals surface area contributed by atoms with Crippen molar-refractivity contribution in [1.29, 1.82) is 0 Å². The summed E-state index contributed by atoms with van der Waals surface area (Å²) in [5, 5.41) is 3.37. The molecule has 1 aliphatic heterocycles. The fraction of sp³-hybridized carbons (Fsp3) is 0.400. The summed E-state index contributed by atoms with van der Waals surface area (Å²) in [5.41, 5.74) is 4.29. The van der Waals surface area contributed by atoms with Gasteiger partial charge >= 0.3 is 0 Å². The predicted molar refractivity (Wildman–Crippen MR) is 54.3 cm³/mol. The number of rotatable bonds is 0. The lowest BCUT2D eigenvalue weighted by atomic mass is 9.99. The Hall–Kier alpha value is -0.340. The van der Waals surface area contributed by atoms with E-state index in [4.69, 9.17) is 0 Å². The highest BCUT2D eigenvalue weighted by Crippen LogP contribution is 2.24. The second kappa shape index (κ2) is 3.19. The van der Waals surface area contributed by atoms with E-state index in [1.54, 1.807) is 0 Å². The molecule has 0 atom stereocenters. The molecular formula is C10H12BrN. The largest absolute Gasteiger partial charge is 0.312 e. The van der Waals surface area contributed by atoms with Gasteiger partial charge in [-0.15, -0.1) is 0 Å². The van der Waals surface area contributed by atoms with Gasteiger partial charge in [-0.05, 0) is 42.6 Å². The number of benzene rings is 1. The maximum absolute atomic E-state index is 3.59. The van der Waals surface area contributed by atoms with Crippen molar-refractivity contribution >= 4 is 15.9 Å². The van der Waals surface area contributed by atoms with Crippen molar-refractivity contribution in [3.63, 3.8) is 0 Å². The van der Waals surface area contributed by atoms with E-state index in [-0.39, 0.29) is 0 Å². The van der Waals surface area contributed by atoms with Crippen LogP contribution < -0.4 is 5.32 Å². The molecule has 0 saturated carbocycles. The molecule has 0 spiro atoms. The van der Waals surface area contributed by atoms with Gasteiger partial charge in [0.1, 0.15) is 0 Å². The minimum atomic E-state index is 1.01. The standard InChI is InChI=1S/C10H12BrN/c1-7-4-8-2-3-12-6-9(8)10(11)5-7/h4-5,12H,2-3,6H2,1H3. The van der Waals surface area contributed by atoms with Crippen LogP contribution in [0.1, 0.15) is 16.7 Å². The first-order chi connectivity index (χ1) is 5.77. The summed E-state index contributed by atoms with van der Waals surface area (Å²) in [5.74, 6) is 0. The minimum absolute atomic E-state index is 1.01. The van der Waals surface area contributed by atoms with Crippen molar-refractivity contribution in [3.05, 3.63) is 33.3 Å². The van der Waals surface area contributed by atoms with Crippen LogP contribution in [0.4, 0.5) is 0 Å². The van der Waals surface area contributed by atoms with E-state index in [9.17, 15) is 0 Å². The molecule has 2 rings (SSSR count). The second-order valence-electron chi connectivity index (χ2n) is 3.31. The number of hydrogen-bond donors (Lipinski definition) is 1. The average molecular weight is 226 g/mol. The monoisotopic (exact) mass is 225 g/mol. The minimum Gasteiger partial charge on any atom is -0.312 e. The fourth-order valence-corrected chi connectivity index (χ4v) is 2.46. The molecule has 0 bridgehead atoms. The summed E-state index contributed by atoms with van der Waals surface area (Å²) in [6, 6.07) is 4.48. The Labute approximate surface area is 81.3 Å². The quantitative estimate of drug-likeness (QED) is 0.716. The van der Waals surface area contributed by atoms with Gasteiger partial charge in [0.25, 0.3) is 0 Å². The Kier molecular flexibility index (Phi) is 2.20. The van der Waals surface area contributed by atoms with E-state index in [1.807, 2.05) is 0 Å². The first-order valence-corrected chi connectivity index (χ1v) is 5.05. The Morgan fingerprint density at radius 1 is 1.42 bits per heavy atom. The van der Waals surface area contributed by atoms with E-state index >= 15 is 0 Å². The molecule has 0 aromatic heterocycles. The Morgan fingerprint density at radius 3 is 3.08 bits per heavy atom. The zero-order chi connectivity index (χ0) is 8.55. The van der Waals surface area contributed by atoms with Gasteiger partial charge in [0.05, 0.1) is 0 Å². The first-order valence-electron chi connectivity index (χ1n) is 4.26. The molecule has 1 N–H and O–H groups in total. The second-order valence-corrected chi connectivity index (χ2v) is 4.17. The molecule has 1 aromatic rings. The molecule has 12 heavy (non-hydrogen) atoms. The molecular weight excluding hydrogens is 214 g/mol. The molecule has 1 aromatic carbocycles. The number of hydrogen-bond acceptors (Lipinski definition) is 1. The van der Waals surface area contributed by atoms with Gasteiger partial charge in [-0.3, -0.25) is 0 Å². The van der Waals surface area contributed by atoms with E-state index in [1.165, 1.54) is 21.2 Å². The number of nitrogens with one attached hydrogen (secondary N) is 1. The lowest BCUT2D eigenvalue weighted by Crippen LogP contribution is -2.24. The van der Waals surface area contributed by atoms with Gasteiger partial charge < -0.3 is 5.32 Å². The molecule has 0 radical (unpaired) electrons. The smallest absolute Gasteiger partial charge is 0.0225 e. The van der Waals surface area contributed by atoms with Gasteiger partial charge in [-0.1, -0.05) is 22.0 Å². The van der Waals surface area contributed by atoms with Gasteiger partial charge in [0, 0.05) is 11.0 Å². The highest BCUT2D eigenvalue weighted by atomic mass is 79.9. The van der Waals surface area contributed by atoms with Crippen molar-refractivity contribution in [3.8, 4) is 0 Å². The SMILES string of the molecule is Cc1cc(Br)c2c(c1)CCNC2.